The minimum absolute atomic E-state index is 0.197. The van der Waals surface area contributed by atoms with E-state index in [4.69, 9.17) is 18.9 Å². The standard InChI is InChI=1S/C45H44O4P/c1-7-19-36(20-8-1)32-46-35-43-45(48-34-38-23-11-3-12-24-38)42(47-33-37-21-9-2-10-22-37)31-44(49-43)50(39-25-13-4-14-26-39,40-27-15-5-16-28-40)41-29-17-6-18-30-41/h1-30,42-45H,31-35H2/q+1/t42-,43-,44-,45-/m1/s1. The third-order valence-corrected chi connectivity index (χ3v) is 13.9. The zero-order chi connectivity index (χ0) is 33.9. The summed E-state index contributed by atoms with van der Waals surface area (Å²) < 4.78 is 27.7. The summed E-state index contributed by atoms with van der Waals surface area (Å²) >= 11 is 0. The molecule has 1 aliphatic rings. The number of benzene rings is 6. The molecule has 1 aliphatic heterocycles. The van der Waals surface area contributed by atoms with Gasteiger partial charge in [-0.3, -0.25) is 0 Å². The van der Waals surface area contributed by atoms with Crippen molar-refractivity contribution in [2.75, 3.05) is 6.61 Å². The Labute approximate surface area is 297 Å². The second kappa shape index (κ2) is 17.0. The first-order valence-electron chi connectivity index (χ1n) is 17.4. The molecule has 0 spiro atoms. The first kappa shape index (κ1) is 34.1. The summed E-state index contributed by atoms with van der Waals surface area (Å²) in [5.74, 6) is -0.197. The van der Waals surface area contributed by atoms with E-state index in [1.807, 2.05) is 42.5 Å². The van der Waals surface area contributed by atoms with Crippen LogP contribution < -0.4 is 15.9 Å². The molecule has 1 saturated heterocycles. The van der Waals surface area contributed by atoms with Gasteiger partial charge in [0.1, 0.15) is 35.4 Å². The summed E-state index contributed by atoms with van der Waals surface area (Å²) in [5, 5.41) is 3.82. The van der Waals surface area contributed by atoms with Gasteiger partial charge >= 0.3 is 0 Å². The molecule has 4 atom stereocenters. The van der Waals surface area contributed by atoms with Crippen LogP contribution in [0.25, 0.3) is 0 Å². The van der Waals surface area contributed by atoms with Crippen molar-refractivity contribution in [1.29, 1.82) is 0 Å². The van der Waals surface area contributed by atoms with Gasteiger partial charge in [0.05, 0.1) is 32.5 Å². The number of ether oxygens (including phenoxy) is 4. The van der Waals surface area contributed by atoms with Crippen molar-refractivity contribution in [2.24, 2.45) is 0 Å². The Bertz CT molecular complexity index is 1740. The molecular weight excluding hydrogens is 635 g/mol. The van der Waals surface area contributed by atoms with Gasteiger partial charge in [-0.15, -0.1) is 0 Å². The zero-order valence-electron chi connectivity index (χ0n) is 28.2. The monoisotopic (exact) mass is 679 g/mol. The van der Waals surface area contributed by atoms with Crippen molar-refractivity contribution >= 4 is 23.2 Å². The van der Waals surface area contributed by atoms with Crippen molar-refractivity contribution in [1.82, 2.24) is 0 Å². The molecule has 6 aromatic carbocycles. The highest BCUT2D eigenvalue weighted by Gasteiger charge is 2.58. The fourth-order valence-electron chi connectivity index (χ4n) is 7.01. The van der Waals surface area contributed by atoms with Gasteiger partial charge in [0.15, 0.2) is 5.85 Å². The Kier molecular flexibility index (Phi) is 11.6. The molecule has 0 saturated carbocycles. The van der Waals surface area contributed by atoms with Crippen molar-refractivity contribution in [3.05, 3.63) is 199 Å². The van der Waals surface area contributed by atoms with Crippen LogP contribution in [0.5, 0.6) is 0 Å². The molecule has 0 bridgehead atoms. The van der Waals surface area contributed by atoms with Crippen LogP contribution in [-0.4, -0.2) is 30.8 Å². The van der Waals surface area contributed by atoms with E-state index in [0.717, 1.165) is 16.7 Å². The highest BCUT2D eigenvalue weighted by Crippen LogP contribution is 2.63. The molecule has 6 aromatic rings. The Morgan fingerprint density at radius 3 is 1.28 bits per heavy atom. The van der Waals surface area contributed by atoms with Crippen molar-refractivity contribution in [2.45, 2.75) is 50.4 Å². The van der Waals surface area contributed by atoms with Gasteiger partial charge in [-0.1, -0.05) is 146 Å². The van der Waals surface area contributed by atoms with E-state index in [9.17, 15) is 0 Å². The molecular formula is C45H44O4P+. The van der Waals surface area contributed by atoms with Crippen molar-refractivity contribution < 1.29 is 18.9 Å². The molecule has 1 fully saturated rings. The molecule has 252 valence electrons. The zero-order valence-corrected chi connectivity index (χ0v) is 29.1. The minimum atomic E-state index is -2.41. The molecule has 0 N–H and O–H groups in total. The van der Waals surface area contributed by atoms with Crippen LogP contribution in [0.2, 0.25) is 0 Å². The summed E-state index contributed by atoms with van der Waals surface area (Å²) in [5.41, 5.74) is 3.36. The van der Waals surface area contributed by atoms with Gasteiger partial charge in [-0.25, -0.2) is 0 Å². The summed E-state index contributed by atoms with van der Waals surface area (Å²) in [6, 6.07) is 63.8. The predicted octanol–water partition coefficient (Wildman–Crippen LogP) is 8.48. The molecule has 4 nitrogen and oxygen atoms in total. The highest BCUT2D eigenvalue weighted by molar-refractivity contribution is 7.96. The van der Waals surface area contributed by atoms with E-state index in [-0.39, 0.29) is 24.2 Å². The number of hydrogen-bond acceptors (Lipinski definition) is 4. The van der Waals surface area contributed by atoms with E-state index in [0.29, 0.717) is 32.8 Å². The van der Waals surface area contributed by atoms with Gasteiger partial charge in [0.25, 0.3) is 0 Å². The van der Waals surface area contributed by atoms with Crippen molar-refractivity contribution in [3.63, 3.8) is 0 Å². The van der Waals surface area contributed by atoms with Crippen LogP contribution >= 0.6 is 7.26 Å². The van der Waals surface area contributed by atoms with Crippen molar-refractivity contribution in [3.8, 4) is 0 Å². The van der Waals surface area contributed by atoms with Gasteiger partial charge in [-0.2, -0.15) is 0 Å². The second-order valence-corrected chi connectivity index (χ2v) is 16.3. The summed E-state index contributed by atoms with van der Waals surface area (Å²) in [6.45, 7) is 1.79. The van der Waals surface area contributed by atoms with Crippen LogP contribution in [0.3, 0.4) is 0 Å². The third-order valence-electron chi connectivity index (χ3n) is 9.41. The second-order valence-electron chi connectivity index (χ2n) is 12.7. The minimum Gasteiger partial charge on any atom is -0.374 e. The van der Waals surface area contributed by atoms with Crippen LogP contribution in [0, 0.1) is 0 Å². The molecule has 50 heavy (non-hydrogen) atoms. The van der Waals surface area contributed by atoms with E-state index in [1.165, 1.54) is 15.9 Å². The Morgan fingerprint density at radius 2 is 0.840 bits per heavy atom. The maximum atomic E-state index is 7.46. The topological polar surface area (TPSA) is 36.9 Å². The molecule has 0 radical (unpaired) electrons. The Balaban J connectivity index is 1.31. The van der Waals surface area contributed by atoms with E-state index >= 15 is 0 Å². The van der Waals surface area contributed by atoms with Gasteiger partial charge in [-0.05, 0) is 53.1 Å². The lowest BCUT2D eigenvalue weighted by atomic mass is 10.0. The van der Waals surface area contributed by atoms with Crippen LogP contribution in [0.15, 0.2) is 182 Å². The molecule has 0 amide bonds. The highest BCUT2D eigenvalue weighted by atomic mass is 31.2. The first-order chi connectivity index (χ1) is 24.8. The first-order valence-corrected chi connectivity index (χ1v) is 19.3. The quantitative estimate of drug-likeness (QED) is 0.108. The van der Waals surface area contributed by atoms with E-state index < -0.39 is 7.26 Å². The van der Waals surface area contributed by atoms with Gasteiger partial charge in [0, 0.05) is 6.42 Å². The Morgan fingerprint density at radius 1 is 0.460 bits per heavy atom. The maximum absolute atomic E-state index is 7.46. The van der Waals surface area contributed by atoms with Gasteiger partial charge in [0.2, 0.25) is 0 Å². The Hall–Kier alpha value is -4.41. The smallest absolute Gasteiger partial charge is 0.184 e. The number of rotatable bonds is 14. The molecule has 7 rings (SSSR count). The molecule has 0 aliphatic carbocycles. The average molecular weight is 680 g/mol. The summed E-state index contributed by atoms with van der Waals surface area (Å²) in [4.78, 5) is 0. The molecule has 1 heterocycles. The molecule has 0 aromatic heterocycles. The number of hydrogen-bond donors (Lipinski definition) is 0. The largest absolute Gasteiger partial charge is 0.374 e. The fraction of sp³-hybridized carbons (Fsp3) is 0.200. The lowest BCUT2D eigenvalue weighted by Crippen LogP contribution is -2.55. The van der Waals surface area contributed by atoms with E-state index in [2.05, 4.69) is 140 Å². The molecule has 0 unspecified atom stereocenters. The van der Waals surface area contributed by atoms with E-state index in [1.54, 1.807) is 0 Å². The van der Waals surface area contributed by atoms with Crippen LogP contribution in [0.4, 0.5) is 0 Å². The lowest BCUT2D eigenvalue weighted by molar-refractivity contribution is -0.205. The normalized spacial score (nSPS) is 19.2. The predicted molar refractivity (Wildman–Crippen MR) is 205 cm³/mol. The summed E-state index contributed by atoms with van der Waals surface area (Å²) in [6.07, 6.45) is -0.320. The third kappa shape index (κ3) is 7.97. The lowest BCUT2D eigenvalue weighted by Gasteiger charge is -2.45. The van der Waals surface area contributed by atoms with Crippen LogP contribution in [0.1, 0.15) is 23.1 Å². The average Bonchev–Trinajstić information content (AvgIpc) is 3.19. The SMILES string of the molecule is c1ccc(COC[C@H]2O[C@H]([P+](c3ccccc3)(c3ccccc3)c3ccccc3)C[C@@H](OCc3ccccc3)[C@H]2OCc2ccccc2)cc1. The summed E-state index contributed by atoms with van der Waals surface area (Å²) in [7, 11) is -2.41. The fourth-order valence-corrected chi connectivity index (χ4v) is 11.7. The van der Waals surface area contributed by atoms with Crippen LogP contribution in [-0.2, 0) is 38.8 Å². The van der Waals surface area contributed by atoms with Gasteiger partial charge < -0.3 is 18.9 Å². The molecule has 5 heteroatoms. The maximum Gasteiger partial charge on any atom is 0.184 e.